The van der Waals surface area contributed by atoms with E-state index in [9.17, 15) is 8.42 Å². The van der Waals surface area contributed by atoms with Crippen molar-refractivity contribution in [3.63, 3.8) is 0 Å². The van der Waals surface area contributed by atoms with Gasteiger partial charge < -0.3 is 9.47 Å². The summed E-state index contributed by atoms with van der Waals surface area (Å²) in [6.45, 7) is 0. The number of ether oxygens (including phenoxy) is 2. The van der Waals surface area contributed by atoms with Gasteiger partial charge in [-0.05, 0) is 5.56 Å². The maximum atomic E-state index is 12.2. The molecule has 0 fully saturated rings. The van der Waals surface area contributed by atoms with Crippen molar-refractivity contribution in [1.29, 1.82) is 0 Å². The predicted octanol–water partition coefficient (Wildman–Crippen LogP) is 2.65. The average Bonchev–Trinajstić information content (AvgIpc) is 2.46. The minimum Gasteiger partial charge on any atom is -0.497 e. The minimum atomic E-state index is -3.50. The Bertz CT molecular complexity index is 677. The number of hydrogen-bond acceptors (Lipinski definition) is 4. The maximum Gasteiger partial charge on any atom is 0.236 e. The highest BCUT2D eigenvalue weighted by molar-refractivity contribution is 7.91. The number of anilines is 1. The Morgan fingerprint density at radius 1 is 0.952 bits per heavy atom. The van der Waals surface area contributed by atoms with Crippen LogP contribution in [0.25, 0.3) is 0 Å². The molecule has 2 rings (SSSR count). The van der Waals surface area contributed by atoms with Crippen molar-refractivity contribution < 1.29 is 17.9 Å². The van der Waals surface area contributed by atoms with Crippen LogP contribution in [-0.2, 0) is 15.8 Å². The lowest BCUT2D eigenvalue weighted by atomic mass is 10.2. The third kappa shape index (κ3) is 4.39. The molecule has 0 aliphatic rings. The van der Waals surface area contributed by atoms with Gasteiger partial charge in [0.2, 0.25) is 10.0 Å². The summed E-state index contributed by atoms with van der Waals surface area (Å²) in [6, 6.07) is 13.9. The van der Waals surface area contributed by atoms with Crippen LogP contribution in [0.3, 0.4) is 0 Å². The number of methoxy groups -OCH3 is 2. The van der Waals surface area contributed by atoms with Gasteiger partial charge in [0, 0.05) is 18.2 Å². The lowest BCUT2D eigenvalue weighted by molar-refractivity contribution is 0.395. The summed E-state index contributed by atoms with van der Waals surface area (Å²) < 4.78 is 37.1. The van der Waals surface area contributed by atoms with Crippen LogP contribution in [-0.4, -0.2) is 22.6 Å². The van der Waals surface area contributed by atoms with Gasteiger partial charge in [-0.25, -0.2) is 8.42 Å². The molecular formula is C15H17NO4S. The summed E-state index contributed by atoms with van der Waals surface area (Å²) in [4.78, 5) is 0. The molecule has 0 aliphatic carbocycles. The van der Waals surface area contributed by atoms with E-state index in [4.69, 9.17) is 9.47 Å². The fourth-order valence-electron chi connectivity index (χ4n) is 1.88. The monoisotopic (exact) mass is 307 g/mol. The van der Waals surface area contributed by atoms with Crippen molar-refractivity contribution in [2.75, 3.05) is 18.9 Å². The minimum absolute atomic E-state index is 0.0899. The Morgan fingerprint density at radius 2 is 1.52 bits per heavy atom. The zero-order valence-electron chi connectivity index (χ0n) is 11.9. The zero-order chi connectivity index (χ0) is 15.3. The molecule has 0 aliphatic heterocycles. The van der Waals surface area contributed by atoms with Gasteiger partial charge in [-0.1, -0.05) is 30.3 Å². The highest BCUT2D eigenvalue weighted by atomic mass is 32.2. The Labute approximate surface area is 124 Å². The Balaban J connectivity index is 2.20. The van der Waals surface area contributed by atoms with Crippen LogP contribution in [0, 0.1) is 0 Å². The second-order valence-corrected chi connectivity index (χ2v) is 6.17. The first-order valence-corrected chi connectivity index (χ1v) is 7.95. The molecular weight excluding hydrogens is 290 g/mol. The highest BCUT2D eigenvalue weighted by Gasteiger charge is 2.13. The largest absolute Gasteiger partial charge is 0.497 e. The van der Waals surface area contributed by atoms with Crippen molar-refractivity contribution in [2.24, 2.45) is 0 Å². The molecule has 0 atom stereocenters. The molecule has 2 aromatic rings. The van der Waals surface area contributed by atoms with Crippen LogP contribution in [0.2, 0.25) is 0 Å². The van der Waals surface area contributed by atoms with Gasteiger partial charge in [-0.2, -0.15) is 0 Å². The van der Waals surface area contributed by atoms with Gasteiger partial charge in [0.15, 0.2) is 0 Å². The van der Waals surface area contributed by atoms with Gasteiger partial charge in [0.05, 0.1) is 25.7 Å². The molecule has 2 aromatic carbocycles. The molecule has 0 saturated heterocycles. The quantitative estimate of drug-likeness (QED) is 0.891. The number of hydrogen-bond donors (Lipinski definition) is 1. The molecule has 21 heavy (non-hydrogen) atoms. The van der Waals surface area contributed by atoms with Crippen molar-refractivity contribution in [2.45, 2.75) is 5.75 Å². The van der Waals surface area contributed by atoms with Gasteiger partial charge in [0.25, 0.3) is 0 Å². The summed E-state index contributed by atoms with van der Waals surface area (Å²) in [5.41, 5.74) is 1.13. The summed E-state index contributed by atoms with van der Waals surface area (Å²) in [7, 11) is -0.477. The van der Waals surface area contributed by atoms with E-state index in [2.05, 4.69) is 4.72 Å². The number of nitrogens with one attached hydrogen (secondary N) is 1. The second kappa shape index (κ2) is 6.49. The first kappa shape index (κ1) is 15.2. The molecule has 6 heteroatoms. The molecule has 0 radical (unpaired) electrons. The van der Waals surface area contributed by atoms with Gasteiger partial charge in [-0.15, -0.1) is 0 Å². The van der Waals surface area contributed by atoms with E-state index in [-0.39, 0.29) is 5.75 Å². The van der Waals surface area contributed by atoms with Crippen LogP contribution in [0.1, 0.15) is 5.56 Å². The molecule has 0 unspecified atom stereocenters. The molecule has 1 N–H and O–H groups in total. The molecule has 5 nitrogen and oxygen atoms in total. The van der Waals surface area contributed by atoms with Crippen LogP contribution in [0.4, 0.5) is 5.69 Å². The molecule has 0 spiro atoms. The summed E-state index contributed by atoms with van der Waals surface area (Å²) in [5, 5.41) is 0. The Morgan fingerprint density at radius 3 is 2.05 bits per heavy atom. The fourth-order valence-corrected chi connectivity index (χ4v) is 3.06. The maximum absolute atomic E-state index is 12.2. The van der Waals surface area contributed by atoms with Crippen LogP contribution in [0.5, 0.6) is 11.5 Å². The Hall–Kier alpha value is -2.21. The van der Waals surface area contributed by atoms with Crippen molar-refractivity contribution in [3.05, 3.63) is 54.1 Å². The molecule has 0 amide bonds. The molecule has 0 bridgehead atoms. The smallest absolute Gasteiger partial charge is 0.236 e. The highest BCUT2D eigenvalue weighted by Crippen LogP contribution is 2.26. The van der Waals surface area contributed by atoms with Gasteiger partial charge in [0.1, 0.15) is 11.5 Å². The molecule has 112 valence electrons. The van der Waals surface area contributed by atoms with Crippen molar-refractivity contribution in [1.82, 2.24) is 0 Å². The van der Waals surface area contributed by atoms with E-state index in [1.165, 1.54) is 14.2 Å². The van der Waals surface area contributed by atoms with E-state index >= 15 is 0 Å². The molecule has 0 saturated carbocycles. The normalized spacial score (nSPS) is 11.0. The predicted molar refractivity (Wildman–Crippen MR) is 82.2 cm³/mol. The Kier molecular flexibility index (Phi) is 4.70. The first-order valence-electron chi connectivity index (χ1n) is 6.30. The number of rotatable bonds is 6. The van der Waals surface area contributed by atoms with E-state index in [1.54, 1.807) is 42.5 Å². The van der Waals surface area contributed by atoms with Gasteiger partial charge >= 0.3 is 0 Å². The van der Waals surface area contributed by atoms with Crippen molar-refractivity contribution >= 4 is 15.7 Å². The zero-order valence-corrected chi connectivity index (χ0v) is 12.7. The van der Waals surface area contributed by atoms with Crippen LogP contribution >= 0.6 is 0 Å². The molecule has 0 aromatic heterocycles. The van der Waals surface area contributed by atoms with E-state index in [0.717, 1.165) is 5.56 Å². The summed E-state index contributed by atoms with van der Waals surface area (Å²) in [6.07, 6.45) is 0. The third-order valence-corrected chi connectivity index (χ3v) is 4.08. The third-order valence-electron chi connectivity index (χ3n) is 2.82. The number of benzene rings is 2. The summed E-state index contributed by atoms with van der Waals surface area (Å²) >= 11 is 0. The topological polar surface area (TPSA) is 64.6 Å². The number of sulfonamides is 1. The van der Waals surface area contributed by atoms with E-state index in [0.29, 0.717) is 17.2 Å². The second-order valence-electron chi connectivity index (χ2n) is 4.45. The lowest BCUT2D eigenvalue weighted by Crippen LogP contribution is -2.15. The first-order chi connectivity index (χ1) is 10.0. The fraction of sp³-hybridized carbons (Fsp3) is 0.200. The van der Waals surface area contributed by atoms with Gasteiger partial charge in [-0.3, -0.25) is 4.72 Å². The lowest BCUT2D eigenvalue weighted by Gasteiger charge is -2.11. The summed E-state index contributed by atoms with van der Waals surface area (Å²) in [5.74, 6) is 0.950. The molecule has 0 heterocycles. The van der Waals surface area contributed by atoms with E-state index in [1.807, 2.05) is 6.07 Å². The standard InChI is InChI=1S/C15H17NO4S/c1-19-14-8-13(9-15(10-14)20-2)16-21(17,18)11-12-6-4-3-5-7-12/h3-10,16H,11H2,1-2H3. The SMILES string of the molecule is COc1cc(NS(=O)(=O)Cc2ccccc2)cc(OC)c1. The van der Waals surface area contributed by atoms with Crippen LogP contribution < -0.4 is 14.2 Å². The van der Waals surface area contributed by atoms with Crippen molar-refractivity contribution in [3.8, 4) is 11.5 Å². The average molecular weight is 307 g/mol. The van der Waals surface area contributed by atoms with Crippen LogP contribution in [0.15, 0.2) is 48.5 Å². The van der Waals surface area contributed by atoms with E-state index < -0.39 is 10.0 Å².